The Bertz CT molecular complexity index is 839. The number of nitrogens with one attached hydrogen (secondary N) is 2. The highest BCUT2D eigenvalue weighted by molar-refractivity contribution is 6.31. The number of hydrogen-bond acceptors (Lipinski definition) is 3. The third-order valence-corrected chi connectivity index (χ3v) is 3.37. The monoisotopic (exact) mass is 347 g/mol. The standard InChI is InChI=1S/C17H12ClF2N3O/c1-10-5-6-12(18)7-15(10)23-17(24)11(8-21)9-22-16-13(19)3-2-4-14(16)20/h2-7,9,22H,1H3,(H,23,24)/b11-9-. The summed E-state index contributed by atoms with van der Waals surface area (Å²) in [6, 6.07) is 9.90. The zero-order valence-electron chi connectivity index (χ0n) is 12.5. The molecule has 0 radical (unpaired) electrons. The van der Waals surface area contributed by atoms with Gasteiger partial charge in [0, 0.05) is 16.9 Å². The van der Waals surface area contributed by atoms with E-state index in [9.17, 15) is 13.6 Å². The van der Waals surface area contributed by atoms with Gasteiger partial charge in [-0.3, -0.25) is 4.79 Å². The van der Waals surface area contributed by atoms with Gasteiger partial charge in [-0.2, -0.15) is 5.26 Å². The molecule has 0 heterocycles. The van der Waals surface area contributed by atoms with Crippen LogP contribution in [0.2, 0.25) is 5.02 Å². The van der Waals surface area contributed by atoms with Crippen molar-refractivity contribution in [3.63, 3.8) is 0 Å². The number of halogens is 3. The smallest absolute Gasteiger partial charge is 0.267 e. The first-order valence-electron chi connectivity index (χ1n) is 6.80. The van der Waals surface area contributed by atoms with Crippen LogP contribution in [-0.4, -0.2) is 5.91 Å². The average Bonchev–Trinajstić information content (AvgIpc) is 2.54. The van der Waals surface area contributed by atoms with Gasteiger partial charge in [-0.25, -0.2) is 8.78 Å². The van der Waals surface area contributed by atoms with Crippen molar-refractivity contribution in [1.82, 2.24) is 0 Å². The van der Waals surface area contributed by atoms with Crippen molar-refractivity contribution in [2.45, 2.75) is 6.92 Å². The zero-order chi connectivity index (χ0) is 17.7. The van der Waals surface area contributed by atoms with E-state index in [0.29, 0.717) is 10.7 Å². The Morgan fingerprint density at radius 2 is 1.92 bits per heavy atom. The van der Waals surface area contributed by atoms with Gasteiger partial charge in [-0.05, 0) is 36.8 Å². The first-order chi connectivity index (χ1) is 11.4. The van der Waals surface area contributed by atoms with Crippen LogP contribution in [0.15, 0.2) is 48.2 Å². The van der Waals surface area contributed by atoms with Crippen LogP contribution < -0.4 is 10.6 Å². The Labute approximate surface area is 142 Å². The first kappa shape index (κ1) is 17.4. The molecular weight excluding hydrogens is 336 g/mol. The van der Waals surface area contributed by atoms with Crippen LogP contribution in [0.4, 0.5) is 20.2 Å². The Morgan fingerprint density at radius 3 is 2.54 bits per heavy atom. The Balaban J connectivity index is 2.20. The van der Waals surface area contributed by atoms with Gasteiger partial charge < -0.3 is 10.6 Å². The van der Waals surface area contributed by atoms with Gasteiger partial charge in [0.05, 0.1) is 0 Å². The van der Waals surface area contributed by atoms with Crippen LogP contribution in [0.25, 0.3) is 0 Å². The number of rotatable bonds is 4. The molecule has 0 spiro atoms. The lowest BCUT2D eigenvalue weighted by Gasteiger charge is -2.09. The maximum atomic E-state index is 13.5. The molecular formula is C17H12ClF2N3O. The fourth-order valence-electron chi connectivity index (χ4n) is 1.85. The van der Waals surface area contributed by atoms with Gasteiger partial charge in [-0.15, -0.1) is 0 Å². The summed E-state index contributed by atoms with van der Waals surface area (Å²) in [5, 5.41) is 14.3. The molecule has 2 aromatic carbocycles. The van der Waals surface area contributed by atoms with Gasteiger partial charge in [0.25, 0.3) is 5.91 Å². The van der Waals surface area contributed by atoms with Crippen molar-refractivity contribution in [3.8, 4) is 6.07 Å². The van der Waals surface area contributed by atoms with E-state index in [1.54, 1.807) is 25.1 Å². The molecule has 0 saturated carbocycles. The molecule has 4 nitrogen and oxygen atoms in total. The molecule has 0 bridgehead atoms. The number of para-hydroxylation sites is 1. The molecule has 2 rings (SSSR count). The summed E-state index contributed by atoms with van der Waals surface area (Å²) in [4.78, 5) is 12.1. The van der Waals surface area contributed by atoms with Gasteiger partial charge in [-0.1, -0.05) is 23.7 Å². The van der Waals surface area contributed by atoms with Crippen LogP contribution in [0.5, 0.6) is 0 Å². The lowest BCUT2D eigenvalue weighted by Crippen LogP contribution is -2.15. The van der Waals surface area contributed by atoms with E-state index in [1.165, 1.54) is 12.1 Å². The Kier molecular flexibility index (Phi) is 5.51. The predicted molar refractivity (Wildman–Crippen MR) is 88.5 cm³/mol. The van der Waals surface area contributed by atoms with E-state index in [4.69, 9.17) is 16.9 Å². The van der Waals surface area contributed by atoms with Crippen molar-refractivity contribution >= 4 is 28.9 Å². The maximum Gasteiger partial charge on any atom is 0.267 e. The molecule has 1 amide bonds. The number of carbonyl (C=O) groups is 1. The highest BCUT2D eigenvalue weighted by Crippen LogP contribution is 2.21. The summed E-state index contributed by atoms with van der Waals surface area (Å²) in [5.41, 5.74) is 0.387. The molecule has 0 saturated heterocycles. The fourth-order valence-corrected chi connectivity index (χ4v) is 2.02. The summed E-state index contributed by atoms with van der Waals surface area (Å²) in [6.07, 6.45) is 0.941. The predicted octanol–water partition coefficient (Wildman–Crippen LogP) is 4.38. The lowest BCUT2D eigenvalue weighted by atomic mass is 10.2. The second kappa shape index (κ2) is 7.57. The van der Waals surface area contributed by atoms with Gasteiger partial charge in [0.15, 0.2) is 0 Å². The topological polar surface area (TPSA) is 64.9 Å². The number of nitrogens with zero attached hydrogens (tertiary/aromatic N) is 1. The van der Waals surface area contributed by atoms with Crippen molar-refractivity contribution in [2.24, 2.45) is 0 Å². The van der Waals surface area contributed by atoms with E-state index < -0.39 is 23.2 Å². The summed E-state index contributed by atoms with van der Waals surface area (Å²) >= 11 is 5.86. The van der Waals surface area contributed by atoms with Crippen LogP contribution in [0.3, 0.4) is 0 Å². The van der Waals surface area contributed by atoms with Crippen LogP contribution in [0, 0.1) is 29.9 Å². The number of aryl methyl sites for hydroxylation is 1. The Morgan fingerprint density at radius 1 is 1.25 bits per heavy atom. The molecule has 0 aliphatic carbocycles. The minimum atomic E-state index is -0.838. The lowest BCUT2D eigenvalue weighted by molar-refractivity contribution is -0.112. The zero-order valence-corrected chi connectivity index (χ0v) is 13.3. The van der Waals surface area contributed by atoms with Crippen molar-refractivity contribution in [3.05, 3.63) is 70.4 Å². The molecule has 7 heteroatoms. The van der Waals surface area contributed by atoms with Crippen molar-refractivity contribution < 1.29 is 13.6 Å². The normalized spacial score (nSPS) is 10.9. The van der Waals surface area contributed by atoms with E-state index in [0.717, 1.165) is 23.9 Å². The summed E-state index contributed by atoms with van der Waals surface area (Å²) < 4.78 is 27.0. The SMILES string of the molecule is Cc1ccc(Cl)cc1NC(=O)/C(C#N)=C\Nc1c(F)cccc1F. The Hall–Kier alpha value is -2.91. The summed E-state index contributed by atoms with van der Waals surface area (Å²) in [6.45, 7) is 1.76. The van der Waals surface area contributed by atoms with Gasteiger partial charge in [0.1, 0.15) is 29.0 Å². The van der Waals surface area contributed by atoms with Crippen molar-refractivity contribution in [2.75, 3.05) is 10.6 Å². The fraction of sp³-hybridized carbons (Fsp3) is 0.0588. The molecule has 0 unspecified atom stereocenters. The van der Waals surface area contributed by atoms with E-state index >= 15 is 0 Å². The summed E-state index contributed by atoms with van der Waals surface area (Å²) in [7, 11) is 0. The number of benzene rings is 2. The molecule has 122 valence electrons. The van der Waals surface area contributed by atoms with E-state index in [2.05, 4.69) is 10.6 Å². The third-order valence-electron chi connectivity index (χ3n) is 3.14. The van der Waals surface area contributed by atoms with Crippen LogP contribution >= 0.6 is 11.6 Å². The molecule has 2 aromatic rings. The third kappa shape index (κ3) is 4.09. The molecule has 0 aromatic heterocycles. The van der Waals surface area contributed by atoms with E-state index in [-0.39, 0.29) is 5.57 Å². The minimum absolute atomic E-state index is 0.350. The molecule has 0 aliphatic heterocycles. The number of carbonyl (C=O) groups excluding carboxylic acids is 1. The number of nitriles is 1. The highest BCUT2D eigenvalue weighted by Gasteiger charge is 2.12. The largest absolute Gasteiger partial charge is 0.355 e. The van der Waals surface area contributed by atoms with E-state index in [1.807, 2.05) is 0 Å². The van der Waals surface area contributed by atoms with Crippen LogP contribution in [0.1, 0.15) is 5.56 Å². The maximum absolute atomic E-state index is 13.5. The number of anilines is 2. The molecule has 24 heavy (non-hydrogen) atoms. The van der Waals surface area contributed by atoms with Crippen LogP contribution in [-0.2, 0) is 4.79 Å². The van der Waals surface area contributed by atoms with Gasteiger partial charge >= 0.3 is 0 Å². The average molecular weight is 348 g/mol. The second-order valence-electron chi connectivity index (χ2n) is 4.82. The summed E-state index contributed by atoms with van der Waals surface area (Å²) in [5.74, 6) is -2.41. The molecule has 2 N–H and O–H groups in total. The molecule has 0 fully saturated rings. The molecule has 0 aliphatic rings. The number of hydrogen-bond donors (Lipinski definition) is 2. The minimum Gasteiger partial charge on any atom is -0.355 e. The quantitative estimate of drug-likeness (QED) is 0.637. The van der Waals surface area contributed by atoms with Gasteiger partial charge in [0.2, 0.25) is 0 Å². The second-order valence-corrected chi connectivity index (χ2v) is 5.26. The highest BCUT2D eigenvalue weighted by atomic mass is 35.5. The first-order valence-corrected chi connectivity index (χ1v) is 7.18. The number of amides is 1. The molecule has 0 atom stereocenters. The van der Waals surface area contributed by atoms with Crippen molar-refractivity contribution in [1.29, 1.82) is 5.26 Å².